The third-order valence-electron chi connectivity index (χ3n) is 2.02. The van der Waals surface area contributed by atoms with Crippen molar-refractivity contribution in [2.45, 2.75) is 0 Å². The van der Waals surface area contributed by atoms with Crippen molar-refractivity contribution in [3.05, 3.63) is 45.6 Å². The van der Waals surface area contributed by atoms with Gasteiger partial charge in [0.25, 0.3) is 0 Å². The van der Waals surface area contributed by atoms with Crippen molar-refractivity contribution in [2.75, 3.05) is 0 Å². The number of ether oxygens (including phenoxy) is 1. The molecule has 0 fully saturated rings. The average molecular weight is 254 g/mol. The number of aryl methyl sites for hydroxylation is 1. The van der Waals surface area contributed by atoms with Crippen molar-refractivity contribution in [1.82, 2.24) is 9.78 Å². The Morgan fingerprint density at radius 3 is 2.82 bits per heavy atom. The Morgan fingerprint density at radius 2 is 2.24 bits per heavy atom. The molecule has 0 amide bonds. The number of nitro benzene ring substituents is 1. The van der Waals surface area contributed by atoms with Gasteiger partial charge < -0.3 is 4.74 Å². The zero-order chi connectivity index (χ0) is 12.4. The van der Waals surface area contributed by atoms with Crippen LogP contribution in [0.15, 0.2) is 30.5 Å². The van der Waals surface area contributed by atoms with Crippen LogP contribution in [0, 0.1) is 10.1 Å². The Labute approximate surface area is 102 Å². The van der Waals surface area contributed by atoms with E-state index in [4.69, 9.17) is 16.3 Å². The molecule has 0 saturated heterocycles. The number of hydrogen-bond acceptors (Lipinski definition) is 4. The molecule has 2 rings (SSSR count). The van der Waals surface area contributed by atoms with Gasteiger partial charge in [0.1, 0.15) is 0 Å². The molecule has 0 spiro atoms. The minimum Gasteiger partial charge on any atom is -0.430 e. The molecule has 0 unspecified atom stereocenters. The SMILES string of the molecule is Cn1ccc(Oc2ccc(Cl)cc2[N+](=O)[O-])n1. The smallest absolute Gasteiger partial charge is 0.313 e. The van der Waals surface area contributed by atoms with Gasteiger partial charge in [-0.2, -0.15) is 0 Å². The maximum atomic E-state index is 10.8. The van der Waals surface area contributed by atoms with Crippen molar-refractivity contribution in [1.29, 1.82) is 0 Å². The molecule has 0 radical (unpaired) electrons. The summed E-state index contributed by atoms with van der Waals surface area (Å²) in [5.41, 5.74) is -0.192. The number of nitro groups is 1. The fourth-order valence-corrected chi connectivity index (χ4v) is 1.45. The molecule has 1 heterocycles. The largest absolute Gasteiger partial charge is 0.430 e. The van der Waals surface area contributed by atoms with Crippen LogP contribution in [0.25, 0.3) is 0 Å². The molecule has 17 heavy (non-hydrogen) atoms. The number of hydrogen-bond donors (Lipinski definition) is 0. The first-order valence-electron chi connectivity index (χ1n) is 4.68. The standard InChI is InChI=1S/C10H8ClN3O3/c1-13-5-4-10(12-13)17-9-3-2-7(11)6-8(9)14(15)16/h2-6H,1H3. The Balaban J connectivity index is 2.35. The number of rotatable bonds is 3. The highest BCUT2D eigenvalue weighted by atomic mass is 35.5. The quantitative estimate of drug-likeness (QED) is 0.623. The van der Waals surface area contributed by atoms with E-state index < -0.39 is 4.92 Å². The first kappa shape index (κ1) is 11.4. The van der Waals surface area contributed by atoms with Crippen LogP contribution >= 0.6 is 11.6 Å². The van der Waals surface area contributed by atoms with Crippen molar-refractivity contribution < 1.29 is 9.66 Å². The molecule has 88 valence electrons. The number of aromatic nitrogens is 2. The molecular weight excluding hydrogens is 246 g/mol. The van der Waals surface area contributed by atoms with Crippen molar-refractivity contribution in [2.24, 2.45) is 7.05 Å². The highest BCUT2D eigenvalue weighted by Crippen LogP contribution is 2.32. The predicted molar refractivity (Wildman–Crippen MR) is 61.4 cm³/mol. The van der Waals surface area contributed by atoms with E-state index in [0.29, 0.717) is 0 Å². The van der Waals surface area contributed by atoms with Crippen molar-refractivity contribution in [3.63, 3.8) is 0 Å². The molecule has 0 N–H and O–H groups in total. The number of halogens is 1. The zero-order valence-electron chi connectivity index (χ0n) is 8.83. The minimum absolute atomic E-state index is 0.109. The third kappa shape index (κ3) is 2.54. The summed E-state index contributed by atoms with van der Waals surface area (Å²) >= 11 is 5.69. The lowest BCUT2D eigenvalue weighted by Crippen LogP contribution is -1.94. The summed E-state index contributed by atoms with van der Waals surface area (Å²) in [6, 6.07) is 5.81. The summed E-state index contributed by atoms with van der Waals surface area (Å²) in [4.78, 5) is 10.3. The summed E-state index contributed by atoms with van der Waals surface area (Å²) in [6.07, 6.45) is 1.68. The summed E-state index contributed by atoms with van der Waals surface area (Å²) in [5, 5.41) is 15.1. The van der Waals surface area contributed by atoms with Gasteiger partial charge in [-0.25, -0.2) is 0 Å². The van der Waals surface area contributed by atoms with E-state index in [1.165, 1.54) is 22.9 Å². The van der Waals surface area contributed by atoms with Crippen LogP contribution in [-0.4, -0.2) is 14.7 Å². The fourth-order valence-electron chi connectivity index (χ4n) is 1.28. The molecule has 0 aliphatic rings. The molecule has 0 atom stereocenters. The number of nitrogens with zero attached hydrogens (tertiary/aromatic N) is 3. The summed E-state index contributed by atoms with van der Waals surface area (Å²) in [6.45, 7) is 0. The van der Waals surface area contributed by atoms with Gasteiger partial charge in [0.2, 0.25) is 11.6 Å². The van der Waals surface area contributed by atoms with E-state index in [-0.39, 0.29) is 22.3 Å². The molecule has 0 aliphatic heterocycles. The second-order valence-electron chi connectivity index (χ2n) is 3.30. The van der Waals surface area contributed by atoms with E-state index in [1.54, 1.807) is 19.3 Å². The minimum atomic E-state index is -0.551. The summed E-state index contributed by atoms with van der Waals surface area (Å²) in [5.74, 6) is 0.399. The summed E-state index contributed by atoms with van der Waals surface area (Å²) in [7, 11) is 1.73. The van der Waals surface area contributed by atoms with Gasteiger partial charge in [0.15, 0.2) is 0 Å². The van der Waals surface area contributed by atoms with Crippen LogP contribution < -0.4 is 4.74 Å². The van der Waals surface area contributed by atoms with Gasteiger partial charge in [-0.3, -0.25) is 14.8 Å². The molecule has 1 aromatic heterocycles. The van der Waals surface area contributed by atoms with Crippen LogP contribution in [0.3, 0.4) is 0 Å². The molecule has 0 bridgehead atoms. The van der Waals surface area contributed by atoms with Gasteiger partial charge in [0.05, 0.1) is 4.92 Å². The highest BCUT2D eigenvalue weighted by Gasteiger charge is 2.17. The summed E-state index contributed by atoms with van der Waals surface area (Å²) < 4.78 is 6.85. The Morgan fingerprint density at radius 1 is 1.47 bits per heavy atom. The van der Waals surface area contributed by atoms with Crippen LogP contribution in [0.5, 0.6) is 11.6 Å². The molecule has 6 nitrogen and oxygen atoms in total. The third-order valence-corrected chi connectivity index (χ3v) is 2.26. The Kier molecular flexibility index (Phi) is 2.97. The van der Waals surface area contributed by atoms with Crippen LogP contribution in [-0.2, 0) is 7.05 Å². The topological polar surface area (TPSA) is 70.2 Å². The molecule has 2 aromatic rings. The molecular formula is C10H8ClN3O3. The van der Waals surface area contributed by atoms with Crippen LogP contribution in [0.2, 0.25) is 5.02 Å². The van der Waals surface area contributed by atoms with Crippen molar-refractivity contribution in [3.8, 4) is 11.6 Å². The van der Waals surface area contributed by atoms with Gasteiger partial charge >= 0.3 is 5.69 Å². The molecule has 7 heteroatoms. The average Bonchev–Trinajstić information content (AvgIpc) is 2.66. The zero-order valence-corrected chi connectivity index (χ0v) is 9.59. The lowest BCUT2D eigenvalue weighted by Gasteiger charge is -2.03. The monoisotopic (exact) mass is 253 g/mol. The number of benzene rings is 1. The van der Waals surface area contributed by atoms with Crippen LogP contribution in [0.4, 0.5) is 5.69 Å². The Hall–Kier alpha value is -2.08. The van der Waals surface area contributed by atoms with Crippen molar-refractivity contribution >= 4 is 17.3 Å². The first-order chi connectivity index (χ1) is 8.06. The van der Waals surface area contributed by atoms with E-state index in [0.717, 1.165) is 0 Å². The maximum absolute atomic E-state index is 10.8. The van der Waals surface area contributed by atoms with E-state index in [2.05, 4.69) is 5.10 Å². The maximum Gasteiger partial charge on any atom is 0.313 e. The predicted octanol–water partition coefficient (Wildman–Crippen LogP) is 2.77. The lowest BCUT2D eigenvalue weighted by molar-refractivity contribution is -0.385. The second-order valence-corrected chi connectivity index (χ2v) is 3.74. The van der Waals surface area contributed by atoms with E-state index in [9.17, 15) is 10.1 Å². The highest BCUT2D eigenvalue weighted by molar-refractivity contribution is 6.30. The van der Waals surface area contributed by atoms with Gasteiger partial charge in [-0.1, -0.05) is 11.6 Å². The molecule has 0 saturated carbocycles. The fraction of sp³-hybridized carbons (Fsp3) is 0.100. The van der Waals surface area contributed by atoms with E-state index >= 15 is 0 Å². The normalized spacial score (nSPS) is 10.2. The van der Waals surface area contributed by atoms with E-state index in [1.807, 2.05) is 0 Å². The second kappa shape index (κ2) is 4.42. The van der Waals surface area contributed by atoms with Gasteiger partial charge in [-0.05, 0) is 12.1 Å². The Bertz CT molecular complexity index is 568. The molecule has 1 aromatic carbocycles. The lowest BCUT2D eigenvalue weighted by atomic mass is 10.3. The van der Waals surface area contributed by atoms with Gasteiger partial charge in [0, 0.05) is 30.4 Å². The van der Waals surface area contributed by atoms with Gasteiger partial charge in [-0.15, -0.1) is 5.10 Å². The first-order valence-corrected chi connectivity index (χ1v) is 5.05. The molecule has 0 aliphatic carbocycles. The van der Waals surface area contributed by atoms with Crippen LogP contribution in [0.1, 0.15) is 0 Å².